The van der Waals surface area contributed by atoms with E-state index in [0.29, 0.717) is 17.6 Å². The van der Waals surface area contributed by atoms with Crippen molar-refractivity contribution in [3.8, 4) is 11.3 Å². The third kappa shape index (κ3) is 3.93. The molecule has 0 saturated heterocycles. The van der Waals surface area contributed by atoms with Crippen LogP contribution in [0.15, 0.2) is 61.1 Å². The second kappa shape index (κ2) is 8.14. The quantitative estimate of drug-likeness (QED) is 0.481. The first-order valence-corrected chi connectivity index (χ1v) is 10.4. The fourth-order valence-electron chi connectivity index (χ4n) is 3.96. The maximum absolute atomic E-state index is 10.0. The minimum absolute atomic E-state index is 0.0347. The van der Waals surface area contributed by atoms with E-state index in [4.69, 9.17) is 11.6 Å². The number of aliphatic hydroxyl groups is 1. The van der Waals surface area contributed by atoms with Crippen LogP contribution in [0.1, 0.15) is 17.3 Å². The third-order valence-corrected chi connectivity index (χ3v) is 5.78. The summed E-state index contributed by atoms with van der Waals surface area (Å²) in [4.78, 5) is 11.2. The number of nitrogens with one attached hydrogen (secondary N) is 1. The van der Waals surface area contributed by atoms with E-state index in [1.165, 1.54) is 5.69 Å². The Morgan fingerprint density at radius 3 is 2.84 bits per heavy atom. The lowest BCUT2D eigenvalue weighted by Crippen LogP contribution is -2.27. The summed E-state index contributed by atoms with van der Waals surface area (Å²) >= 11 is 6.15. The summed E-state index contributed by atoms with van der Waals surface area (Å²) < 4.78 is 3.92. The van der Waals surface area contributed by atoms with E-state index in [-0.39, 0.29) is 12.6 Å². The molecule has 1 unspecified atom stereocenters. The van der Waals surface area contributed by atoms with Crippen molar-refractivity contribution < 1.29 is 5.11 Å². The second-order valence-electron chi connectivity index (χ2n) is 7.56. The van der Waals surface area contributed by atoms with Gasteiger partial charge in [0.25, 0.3) is 0 Å². The summed E-state index contributed by atoms with van der Waals surface area (Å²) in [6.45, 7) is 1.47. The molecule has 31 heavy (non-hydrogen) atoms. The number of hydrogen-bond acceptors (Lipinski definition) is 6. The molecule has 0 aliphatic carbocycles. The minimum atomic E-state index is -0.101. The van der Waals surface area contributed by atoms with Gasteiger partial charge in [-0.2, -0.15) is 5.10 Å². The lowest BCUT2D eigenvalue weighted by Gasteiger charge is -2.26. The largest absolute Gasteiger partial charge is 0.394 e. The fourth-order valence-corrected chi connectivity index (χ4v) is 4.16. The highest BCUT2D eigenvalue weighted by Gasteiger charge is 2.27. The van der Waals surface area contributed by atoms with Crippen LogP contribution in [0.25, 0.3) is 11.3 Å². The smallest absolute Gasteiger partial charge is 0.228 e. The Morgan fingerprint density at radius 2 is 2.10 bits per heavy atom. The van der Waals surface area contributed by atoms with Gasteiger partial charge in [0, 0.05) is 48.3 Å². The number of benzene rings is 1. The predicted molar refractivity (Wildman–Crippen MR) is 119 cm³/mol. The highest BCUT2D eigenvalue weighted by Crippen LogP contribution is 2.32. The van der Waals surface area contributed by atoms with Crippen LogP contribution in [0.5, 0.6) is 0 Å². The summed E-state index contributed by atoms with van der Waals surface area (Å²) in [6, 6.07) is 13.5. The Hall–Kier alpha value is -3.20. The van der Waals surface area contributed by atoms with Gasteiger partial charge in [-0.05, 0) is 29.8 Å². The van der Waals surface area contributed by atoms with E-state index in [1.807, 2.05) is 43.4 Å². The van der Waals surface area contributed by atoms with Gasteiger partial charge < -0.3 is 15.0 Å². The van der Waals surface area contributed by atoms with Crippen molar-refractivity contribution >= 4 is 23.4 Å². The number of aryl methyl sites for hydroxylation is 1. The Balaban J connectivity index is 1.34. The van der Waals surface area contributed by atoms with Gasteiger partial charge in [0.05, 0.1) is 31.2 Å². The first-order chi connectivity index (χ1) is 15.1. The van der Waals surface area contributed by atoms with Crippen LogP contribution in [0.3, 0.4) is 0 Å². The molecule has 0 spiro atoms. The fraction of sp³-hybridized carbons (Fsp3) is 0.227. The topological polar surface area (TPSA) is 84.0 Å². The molecule has 5 rings (SSSR count). The van der Waals surface area contributed by atoms with Crippen molar-refractivity contribution in [1.82, 2.24) is 29.2 Å². The van der Waals surface area contributed by atoms with E-state index in [9.17, 15) is 5.11 Å². The average Bonchev–Trinajstić information content (AvgIpc) is 3.45. The molecular formula is C22H22ClN7O. The van der Waals surface area contributed by atoms with Crippen molar-refractivity contribution in [1.29, 1.82) is 0 Å². The molecular weight excluding hydrogens is 414 g/mol. The summed E-state index contributed by atoms with van der Waals surface area (Å²) in [5, 5.41) is 18.0. The van der Waals surface area contributed by atoms with Crippen LogP contribution < -0.4 is 5.32 Å². The van der Waals surface area contributed by atoms with E-state index in [0.717, 1.165) is 29.2 Å². The number of aromatic nitrogens is 5. The van der Waals surface area contributed by atoms with Crippen molar-refractivity contribution in [3.63, 3.8) is 0 Å². The average molecular weight is 436 g/mol. The normalized spacial score (nSPS) is 14.5. The van der Waals surface area contributed by atoms with Crippen LogP contribution in [-0.2, 0) is 20.3 Å². The van der Waals surface area contributed by atoms with E-state index in [2.05, 4.69) is 42.1 Å². The van der Waals surface area contributed by atoms with Gasteiger partial charge in [-0.25, -0.2) is 9.97 Å². The number of nitrogens with zero attached hydrogens (tertiary/aromatic N) is 6. The van der Waals surface area contributed by atoms with Gasteiger partial charge in [0.15, 0.2) is 0 Å². The Morgan fingerprint density at radius 1 is 1.19 bits per heavy atom. The zero-order valence-corrected chi connectivity index (χ0v) is 17.7. The molecule has 3 aromatic heterocycles. The van der Waals surface area contributed by atoms with Gasteiger partial charge in [-0.1, -0.05) is 23.7 Å². The van der Waals surface area contributed by atoms with Gasteiger partial charge in [-0.15, -0.1) is 0 Å². The van der Waals surface area contributed by atoms with Crippen LogP contribution in [0.4, 0.5) is 11.8 Å². The summed E-state index contributed by atoms with van der Waals surface area (Å²) in [7, 11) is 1.86. The molecule has 1 aliphatic heterocycles. The van der Waals surface area contributed by atoms with Crippen molar-refractivity contribution in [3.05, 3.63) is 77.3 Å². The molecule has 0 amide bonds. The molecule has 0 bridgehead atoms. The first-order valence-electron chi connectivity index (χ1n) is 9.98. The lowest BCUT2D eigenvalue weighted by atomic mass is 10.1. The number of anilines is 2. The molecule has 1 atom stereocenters. The van der Waals surface area contributed by atoms with Gasteiger partial charge in [0.2, 0.25) is 5.95 Å². The molecule has 8 nitrogen and oxygen atoms in total. The first kappa shape index (κ1) is 19.7. The van der Waals surface area contributed by atoms with E-state index in [1.54, 1.807) is 17.1 Å². The zero-order valence-electron chi connectivity index (χ0n) is 17.0. The maximum atomic E-state index is 10.0. The number of aliphatic hydroxyl groups excluding tert-OH is 1. The second-order valence-corrected chi connectivity index (χ2v) is 8.00. The van der Waals surface area contributed by atoms with Crippen molar-refractivity contribution in [2.45, 2.75) is 19.3 Å². The monoisotopic (exact) mass is 435 g/mol. The third-order valence-electron chi connectivity index (χ3n) is 5.54. The Kier molecular flexibility index (Phi) is 5.19. The molecule has 1 aromatic carbocycles. The van der Waals surface area contributed by atoms with E-state index < -0.39 is 0 Å². The maximum Gasteiger partial charge on any atom is 0.228 e. The molecule has 4 heterocycles. The molecule has 0 saturated carbocycles. The van der Waals surface area contributed by atoms with Crippen LogP contribution in [0.2, 0.25) is 5.02 Å². The van der Waals surface area contributed by atoms with E-state index >= 15 is 0 Å². The zero-order chi connectivity index (χ0) is 21.4. The van der Waals surface area contributed by atoms with Gasteiger partial charge in [0.1, 0.15) is 5.82 Å². The number of halogens is 1. The Bertz CT molecular complexity index is 1190. The van der Waals surface area contributed by atoms with Crippen molar-refractivity contribution in [2.75, 3.05) is 11.9 Å². The van der Waals surface area contributed by atoms with Crippen LogP contribution in [-0.4, -0.2) is 40.9 Å². The lowest BCUT2D eigenvalue weighted by molar-refractivity contribution is 0.110. The number of fused-ring (bicyclic) bond motifs is 1. The SMILES string of the molecule is Cn1nccc1Nc1nccc(-c2cc3n(c2)CN(C(CO)c2cccc(Cl)c2)C3)n1. The molecule has 0 radical (unpaired) electrons. The predicted octanol–water partition coefficient (Wildman–Crippen LogP) is 3.58. The number of rotatable bonds is 6. The van der Waals surface area contributed by atoms with Crippen LogP contribution in [0, 0.1) is 0 Å². The molecule has 4 aromatic rings. The van der Waals surface area contributed by atoms with Crippen molar-refractivity contribution in [2.24, 2.45) is 7.05 Å². The standard InChI is InChI=1S/C22H22ClN7O/c1-28-21(6-8-25-28)27-22-24-7-5-19(26-22)16-10-18-12-30(14-29(18)11-16)20(13-31)15-3-2-4-17(23)9-15/h2-11,20,31H,12-14H2,1H3,(H,24,26,27). The highest BCUT2D eigenvalue weighted by molar-refractivity contribution is 6.30. The molecule has 9 heteroatoms. The molecule has 1 aliphatic rings. The minimum Gasteiger partial charge on any atom is -0.394 e. The Labute approximate surface area is 184 Å². The van der Waals surface area contributed by atoms with Crippen LogP contribution >= 0.6 is 11.6 Å². The number of hydrogen-bond donors (Lipinski definition) is 2. The molecule has 158 valence electrons. The summed E-state index contributed by atoms with van der Waals surface area (Å²) in [5.74, 6) is 1.35. The molecule has 2 N–H and O–H groups in total. The van der Waals surface area contributed by atoms with Gasteiger partial charge in [-0.3, -0.25) is 9.58 Å². The summed E-state index contributed by atoms with van der Waals surface area (Å²) in [5.41, 5.74) is 4.08. The highest BCUT2D eigenvalue weighted by atomic mass is 35.5. The van der Waals surface area contributed by atoms with Gasteiger partial charge >= 0.3 is 0 Å². The molecule has 0 fully saturated rings. The summed E-state index contributed by atoms with van der Waals surface area (Å²) in [6.07, 6.45) is 5.56.